The van der Waals surface area contributed by atoms with Crippen LogP contribution in [-0.2, 0) is 21.6 Å². The average molecular weight is 392 g/mol. The predicted octanol–water partition coefficient (Wildman–Crippen LogP) is 4.35. The molecule has 1 atom stereocenters. The zero-order valence-electron chi connectivity index (χ0n) is 17.7. The number of amides is 1. The lowest BCUT2D eigenvalue weighted by Crippen LogP contribution is -2.45. The zero-order chi connectivity index (χ0) is 21.6. The highest BCUT2D eigenvalue weighted by molar-refractivity contribution is 5.96. The zero-order valence-corrected chi connectivity index (χ0v) is 17.7. The molecular formula is C24H28N2O3. The fourth-order valence-corrected chi connectivity index (χ4v) is 2.76. The summed E-state index contributed by atoms with van der Waals surface area (Å²) in [6, 6.07) is 15.5. The summed E-state index contributed by atoms with van der Waals surface area (Å²) < 4.78 is 5.39. The van der Waals surface area contributed by atoms with Gasteiger partial charge >= 0.3 is 5.97 Å². The lowest BCUT2D eigenvalue weighted by atomic mass is 9.86. The maximum atomic E-state index is 12.6. The van der Waals surface area contributed by atoms with E-state index in [4.69, 9.17) is 10.00 Å². The molecule has 0 saturated carbocycles. The summed E-state index contributed by atoms with van der Waals surface area (Å²) in [5, 5.41) is 11.6. The molecule has 2 aromatic rings. The molecule has 0 saturated heterocycles. The van der Waals surface area contributed by atoms with Crippen LogP contribution >= 0.6 is 0 Å². The topological polar surface area (TPSA) is 79.2 Å². The number of hydrogen-bond acceptors (Lipinski definition) is 4. The van der Waals surface area contributed by atoms with Crippen molar-refractivity contribution in [2.24, 2.45) is 5.92 Å². The Morgan fingerprint density at radius 2 is 1.62 bits per heavy atom. The summed E-state index contributed by atoms with van der Waals surface area (Å²) in [6.07, 6.45) is 0. The number of carbonyl (C=O) groups is 2. The summed E-state index contributed by atoms with van der Waals surface area (Å²) in [5.41, 5.74) is 2.97. The van der Waals surface area contributed by atoms with E-state index in [2.05, 4.69) is 26.1 Å². The van der Waals surface area contributed by atoms with Crippen molar-refractivity contribution in [1.82, 2.24) is 5.32 Å². The predicted molar refractivity (Wildman–Crippen MR) is 112 cm³/mol. The molecule has 0 aliphatic rings. The molecule has 0 radical (unpaired) electrons. The quantitative estimate of drug-likeness (QED) is 0.741. The molecule has 152 valence electrons. The maximum absolute atomic E-state index is 12.6. The van der Waals surface area contributed by atoms with E-state index in [1.807, 2.05) is 32.0 Å². The Hall–Kier alpha value is -3.13. The molecule has 1 N–H and O–H groups in total. The van der Waals surface area contributed by atoms with Crippen molar-refractivity contribution in [3.05, 3.63) is 70.8 Å². The molecule has 2 rings (SSSR count). The number of benzene rings is 2. The third kappa shape index (κ3) is 6.18. The Morgan fingerprint density at radius 1 is 1.03 bits per heavy atom. The van der Waals surface area contributed by atoms with Crippen molar-refractivity contribution in [3.8, 4) is 6.07 Å². The van der Waals surface area contributed by atoms with Crippen LogP contribution in [0.1, 0.15) is 61.7 Å². The number of esters is 1. The molecule has 2 aromatic carbocycles. The fourth-order valence-electron chi connectivity index (χ4n) is 2.76. The van der Waals surface area contributed by atoms with Gasteiger partial charge < -0.3 is 10.1 Å². The first-order chi connectivity index (χ1) is 13.6. The minimum atomic E-state index is -0.747. The van der Waals surface area contributed by atoms with E-state index < -0.39 is 12.0 Å². The number of rotatable bonds is 6. The van der Waals surface area contributed by atoms with Gasteiger partial charge in [-0.1, -0.05) is 58.9 Å². The molecule has 0 unspecified atom stereocenters. The van der Waals surface area contributed by atoms with Crippen LogP contribution in [0.25, 0.3) is 0 Å². The van der Waals surface area contributed by atoms with Crippen LogP contribution in [0, 0.1) is 17.2 Å². The van der Waals surface area contributed by atoms with Crippen LogP contribution in [0.15, 0.2) is 48.5 Å². The number of nitrogens with zero attached hydrogens (tertiary/aromatic N) is 1. The molecular weight excluding hydrogens is 364 g/mol. The average Bonchev–Trinajstić information content (AvgIpc) is 2.69. The number of nitriles is 1. The lowest BCUT2D eigenvalue weighted by Gasteiger charge is -2.22. The van der Waals surface area contributed by atoms with Gasteiger partial charge in [-0.3, -0.25) is 4.79 Å². The van der Waals surface area contributed by atoms with Gasteiger partial charge in [0.05, 0.1) is 11.6 Å². The molecule has 0 heterocycles. The second kappa shape index (κ2) is 9.38. The molecule has 1 amide bonds. The Morgan fingerprint density at radius 3 is 2.10 bits per heavy atom. The summed E-state index contributed by atoms with van der Waals surface area (Å²) in [7, 11) is 0. The highest BCUT2D eigenvalue weighted by Crippen LogP contribution is 2.22. The van der Waals surface area contributed by atoms with Crippen molar-refractivity contribution >= 4 is 11.9 Å². The van der Waals surface area contributed by atoms with Gasteiger partial charge in [-0.2, -0.15) is 5.26 Å². The van der Waals surface area contributed by atoms with Gasteiger partial charge in [0.2, 0.25) is 0 Å². The molecule has 5 nitrogen and oxygen atoms in total. The van der Waals surface area contributed by atoms with Crippen molar-refractivity contribution in [3.63, 3.8) is 0 Å². The Kier molecular flexibility index (Phi) is 7.17. The summed E-state index contributed by atoms with van der Waals surface area (Å²) in [4.78, 5) is 25.2. The van der Waals surface area contributed by atoms with E-state index in [1.54, 1.807) is 36.4 Å². The highest BCUT2D eigenvalue weighted by Gasteiger charge is 2.26. The van der Waals surface area contributed by atoms with E-state index in [9.17, 15) is 9.59 Å². The second-order valence-electron chi connectivity index (χ2n) is 8.44. The molecule has 0 bridgehead atoms. The highest BCUT2D eigenvalue weighted by atomic mass is 16.5. The molecule has 0 aliphatic carbocycles. The van der Waals surface area contributed by atoms with Crippen molar-refractivity contribution in [2.45, 2.75) is 52.7 Å². The van der Waals surface area contributed by atoms with Gasteiger partial charge in [0.1, 0.15) is 12.6 Å². The largest absolute Gasteiger partial charge is 0.459 e. The standard InChI is InChI=1S/C24H28N2O3/c1-16(2)21(23(28)29-15-18-8-6-17(14-25)7-9-18)26-22(27)19-10-12-20(13-11-19)24(3,4)5/h6-13,16,21H,15H2,1-5H3,(H,26,27)/t21-/m0/s1. The molecule has 0 fully saturated rings. The van der Waals surface area contributed by atoms with E-state index >= 15 is 0 Å². The molecule has 0 aromatic heterocycles. The third-order valence-corrected chi connectivity index (χ3v) is 4.68. The van der Waals surface area contributed by atoms with E-state index in [0.717, 1.165) is 11.1 Å². The van der Waals surface area contributed by atoms with Gasteiger partial charge in [0.25, 0.3) is 5.91 Å². The van der Waals surface area contributed by atoms with Gasteiger partial charge in [-0.05, 0) is 46.7 Å². The fraction of sp³-hybridized carbons (Fsp3) is 0.375. The van der Waals surface area contributed by atoms with Crippen LogP contribution < -0.4 is 5.32 Å². The van der Waals surface area contributed by atoms with Gasteiger partial charge in [0.15, 0.2) is 0 Å². The van der Waals surface area contributed by atoms with Gasteiger partial charge in [0, 0.05) is 5.56 Å². The van der Waals surface area contributed by atoms with Gasteiger partial charge in [-0.25, -0.2) is 4.79 Å². The van der Waals surface area contributed by atoms with Crippen LogP contribution in [0.3, 0.4) is 0 Å². The first-order valence-corrected chi connectivity index (χ1v) is 9.69. The van der Waals surface area contributed by atoms with Crippen molar-refractivity contribution in [1.29, 1.82) is 5.26 Å². The normalized spacial score (nSPS) is 12.2. The molecule has 0 aliphatic heterocycles. The number of ether oxygens (including phenoxy) is 1. The number of nitrogens with one attached hydrogen (secondary N) is 1. The third-order valence-electron chi connectivity index (χ3n) is 4.68. The Labute approximate surface area is 172 Å². The minimum absolute atomic E-state index is 0.00468. The second-order valence-corrected chi connectivity index (χ2v) is 8.44. The lowest BCUT2D eigenvalue weighted by molar-refractivity contribution is -0.148. The first kappa shape index (κ1) is 22.2. The van der Waals surface area contributed by atoms with Gasteiger partial charge in [-0.15, -0.1) is 0 Å². The smallest absolute Gasteiger partial charge is 0.329 e. The minimum Gasteiger partial charge on any atom is -0.459 e. The molecule has 29 heavy (non-hydrogen) atoms. The van der Waals surface area contributed by atoms with E-state index in [0.29, 0.717) is 11.1 Å². The SMILES string of the molecule is CC(C)[C@H](NC(=O)c1ccc(C(C)(C)C)cc1)C(=O)OCc1ccc(C#N)cc1. The Bertz CT molecular complexity index is 886. The van der Waals surface area contributed by atoms with Crippen LogP contribution in [0.4, 0.5) is 0 Å². The van der Waals surface area contributed by atoms with Crippen molar-refractivity contribution in [2.75, 3.05) is 0 Å². The summed E-state index contributed by atoms with van der Waals surface area (Å²) in [6.45, 7) is 10.1. The number of hydrogen-bond donors (Lipinski definition) is 1. The van der Waals surface area contributed by atoms with E-state index in [1.165, 1.54) is 0 Å². The first-order valence-electron chi connectivity index (χ1n) is 9.69. The summed E-state index contributed by atoms with van der Waals surface area (Å²) >= 11 is 0. The van der Waals surface area contributed by atoms with Crippen LogP contribution in [0.2, 0.25) is 0 Å². The van der Waals surface area contributed by atoms with Crippen LogP contribution in [-0.4, -0.2) is 17.9 Å². The summed E-state index contributed by atoms with van der Waals surface area (Å²) in [5.74, 6) is -0.912. The molecule has 0 spiro atoms. The van der Waals surface area contributed by atoms with Crippen molar-refractivity contribution < 1.29 is 14.3 Å². The Balaban J connectivity index is 2.01. The van der Waals surface area contributed by atoms with E-state index in [-0.39, 0.29) is 23.8 Å². The molecule has 5 heteroatoms. The maximum Gasteiger partial charge on any atom is 0.329 e. The number of carbonyl (C=O) groups excluding carboxylic acids is 2. The van der Waals surface area contributed by atoms with Crippen LogP contribution in [0.5, 0.6) is 0 Å². The monoisotopic (exact) mass is 392 g/mol.